The molecular formula is C11H26N2O. The second-order valence-corrected chi connectivity index (χ2v) is 4.55. The van der Waals surface area contributed by atoms with Crippen LogP contribution < -0.4 is 11.1 Å². The van der Waals surface area contributed by atoms with Crippen molar-refractivity contribution in [1.82, 2.24) is 5.32 Å². The Morgan fingerprint density at radius 3 is 2.50 bits per heavy atom. The van der Waals surface area contributed by atoms with Crippen molar-refractivity contribution in [2.24, 2.45) is 11.1 Å². The van der Waals surface area contributed by atoms with E-state index in [0.717, 1.165) is 32.7 Å². The maximum absolute atomic E-state index is 5.55. The summed E-state index contributed by atoms with van der Waals surface area (Å²) in [7, 11) is 1.73. The van der Waals surface area contributed by atoms with Gasteiger partial charge in [0.15, 0.2) is 0 Å². The van der Waals surface area contributed by atoms with Gasteiger partial charge in [-0.25, -0.2) is 0 Å². The van der Waals surface area contributed by atoms with Gasteiger partial charge in [-0.15, -0.1) is 0 Å². The molecular weight excluding hydrogens is 176 g/mol. The average Bonchev–Trinajstić information content (AvgIpc) is 2.11. The highest BCUT2D eigenvalue weighted by Crippen LogP contribution is 2.25. The Morgan fingerprint density at radius 2 is 1.93 bits per heavy atom. The molecule has 0 fully saturated rings. The van der Waals surface area contributed by atoms with Crippen LogP contribution in [0.1, 0.15) is 33.1 Å². The summed E-state index contributed by atoms with van der Waals surface area (Å²) in [4.78, 5) is 0. The number of nitrogens with two attached hydrogens (primary N) is 1. The molecule has 0 aromatic rings. The lowest BCUT2D eigenvalue weighted by atomic mass is 9.84. The van der Waals surface area contributed by atoms with Crippen LogP contribution in [-0.4, -0.2) is 33.4 Å². The molecule has 3 heteroatoms. The van der Waals surface area contributed by atoms with Gasteiger partial charge in [0.25, 0.3) is 0 Å². The standard InChI is InChI=1S/C11H26N2O/c1-11(2,6-7-12)5-4-8-13-9-10-14-3/h13H,4-10,12H2,1-3H3. The first-order chi connectivity index (χ1) is 6.62. The normalized spacial score (nSPS) is 12.0. The molecule has 3 N–H and O–H groups in total. The molecule has 0 amide bonds. The SMILES string of the molecule is COCCNCCCC(C)(C)CCN. The van der Waals surface area contributed by atoms with Gasteiger partial charge in [-0.05, 0) is 37.8 Å². The fourth-order valence-electron chi connectivity index (χ4n) is 1.51. The average molecular weight is 202 g/mol. The zero-order chi connectivity index (χ0) is 10.9. The van der Waals surface area contributed by atoms with Crippen LogP contribution in [0.4, 0.5) is 0 Å². The molecule has 0 atom stereocenters. The molecule has 3 nitrogen and oxygen atoms in total. The summed E-state index contributed by atoms with van der Waals surface area (Å²) in [5.74, 6) is 0. The van der Waals surface area contributed by atoms with E-state index in [0.29, 0.717) is 5.41 Å². The van der Waals surface area contributed by atoms with Gasteiger partial charge in [0, 0.05) is 13.7 Å². The quantitative estimate of drug-likeness (QED) is 0.555. The first kappa shape index (κ1) is 13.9. The second-order valence-electron chi connectivity index (χ2n) is 4.55. The van der Waals surface area contributed by atoms with Crippen molar-refractivity contribution in [3.63, 3.8) is 0 Å². The number of hydrogen-bond donors (Lipinski definition) is 2. The topological polar surface area (TPSA) is 47.3 Å². The van der Waals surface area contributed by atoms with Crippen LogP contribution in [0.25, 0.3) is 0 Å². The molecule has 0 saturated carbocycles. The van der Waals surface area contributed by atoms with E-state index in [1.807, 2.05) is 0 Å². The van der Waals surface area contributed by atoms with Gasteiger partial charge in [0.2, 0.25) is 0 Å². The summed E-state index contributed by atoms with van der Waals surface area (Å²) in [6, 6.07) is 0. The van der Waals surface area contributed by atoms with E-state index in [-0.39, 0.29) is 0 Å². The minimum absolute atomic E-state index is 0.400. The van der Waals surface area contributed by atoms with Gasteiger partial charge in [-0.2, -0.15) is 0 Å². The van der Waals surface area contributed by atoms with Crippen molar-refractivity contribution in [3.05, 3.63) is 0 Å². The predicted molar refractivity (Wildman–Crippen MR) is 61.4 cm³/mol. The van der Waals surface area contributed by atoms with Gasteiger partial charge in [0.1, 0.15) is 0 Å². The summed E-state index contributed by atoms with van der Waals surface area (Å²) in [5.41, 5.74) is 5.95. The molecule has 0 aromatic heterocycles. The molecule has 0 aromatic carbocycles. The minimum atomic E-state index is 0.400. The molecule has 14 heavy (non-hydrogen) atoms. The summed E-state index contributed by atoms with van der Waals surface area (Å²) in [5, 5.41) is 3.34. The Labute approximate surface area is 88.4 Å². The molecule has 0 radical (unpaired) electrons. The number of hydrogen-bond acceptors (Lipinski definition) is 3. The molecule has 0 rings (SSSR count). The van der Waals surface area contributed by atoms with E-state index in [1.54, 1.807) is 7.11 Å². The Bertz CT molecular complexity index is 126. The smallest absolute Gasteiger partial charge is 0.0587 e. The van der Waals surface area contributed by atoms with Gasteiger partial charge >= 0.3 is 0 Å². The van der Waals surface area contributed by atoms with Crippen LogP contribution >= 0.6 is 0 Å². The maximum Gasteiger partial charge on any atom is 0.0587 e. The van der Waals surface area contributed by atoms with E-state index in [4.69, 9.17) is 10.5 Å². The van der Waals surface area contributed by atoms with Crippen molar-refractivity contribution < 1.29 is 4.74 Å². The zero-order valence-electron chi connectivity index (χ0n) is 9.94. The van der Waals surface area contributed by atoms with E-state index < -0.39 is 0 Å². The van der Waals surface area contributed by atoms with Crippen molar-refractivity contribution in [2.75, 3.05) is 33.4 Å². The zero-order valence-corrected chi connectivity index (χ0v) is 9.94. The van der Waals surface area contributed by atoms with Crippen LogP contribution in [-0.2, 0) is 4.74 Å². The summed E-state index contributed by atoms with van der Waals surface area (Å²) in [6.07, 6.45) is 3.58. The second kappa shape index (κ2) is 8.21. The molecule has 0 aliphatic carbocycles. The fourth-order valence-corrected chi connectivity index (χ4v) is 1.51. The highest BCUT2D eigenvalue weighted by molar-refractivity contribution is 4.69. The molecule has 0 aliphatic rings. The lowest BCUT2D eigenvalue weighted by molar-refractivity contribution is 0.198. The van der Waals surface area contributed by atoms with Crippen molar-refractivity contribution >= 4 is 0 Å². The molecule has 86 valence electrons. The van der Waals surface area contributed by atoms with Crippen molar-refractivity contribution in [2.45, 2.75) is 33.1 Å². The lowest BCUT2D eigenvalue weighted by Gasteiger charge is -2.23. The monoisotopic (exact) mass is 202 g/mol. The van der Waals surface area contributed by atoms with Crippen LogP contribution in [0.2, 0.25) is 0 Å². The van der Waals surface area contributed by atoms with Crippen molar-refractivity contribution in [3.8, 4) is 0 Å². The molecule has 0 heterocycles. The number of rotatable bonds is 9. The number of ether oxygens (including phenoxy) is 1. The van der Waals surface area contributed by atoms with E-state index in [1.165, 1.54) is 12.8 Å². The van der Waals surface area contributed by atoms with Crippen LogP contribution in [0.3, 0.4) is 0 Å². The van der Waals surface area contributed by atoms with E-state index in [2.05, 4.69) is 19.2 Å². The molecule has 0 spiro atoms. The Hall–Kier alpha value is -0.120. The van der Waals surface area contributed by atoms with E-state index >= 15 is 0 Å². The maximum atomic E-state index is 5.55. The van der Waals surface area contributed by atoms with E-state index in [9.17, 15) is 0 Å². The lowest BCUT2D eigenvalue weighted by Crippen LogP contribution is -2.23. The first-order valence-corrected chi connectivity index (χ1v) is 5.52. The molecule has 0 bridgehead atoms. The Morgan fingerprint density at radius 1 is 1.21 bits per heavy atom. The highest BCUT2D eigenvalue weighted by atomic mass is 16.5. The van der Waals surface area contributed by atoms with Gasteiger partial charge in [-0.3, -0.25) is 0 Å². The Kier molecular flexibility index (Phi) is 8.14. The third kappa shape index (κ3) is 8.48. The summed E-state index contributed by atoms with van der Waals surface area (Å²) >= 11 is 0. The van der Waals surface area contributed by atoms with Gasteiger partial charge < -0.3 is 15.8 Å². The van der Waals surface area contributed by atoms with Crippen LogP contribution in [0.15, 0.2) is 0 Å². The predicted octanol–water partition coefficient (Wildman–Crippen LogP) is 1.38. The minimum Gasteiger partial charge on any atom is -0.383 e. The Balaban J connectivity index is 3.26. The third-order valence-electron chi connectivity index (χ3n) is 2.51. The van der Waals surface area contributed by atoms with Gasteiger partial charge in [0.05, 0.1) is 6.61 Å². The molecule has 0 aliphatic heterocycles. The van der Waals surface area contributed by atoms with Gasteiger partial charge in [-0.1, -0.05) is 13.8 Å². The number of methoxy groups -OCH3 is 1. The third-order valence-corrected chi connectivity index (χ3v) is 2.51. The van der Waals surface area contributed by atoms with Crippen LogP contribution in [0, 0.1) is 5.41 Å². The number of nitrogens with one attached hydrogen (secondary N) is 1. The summed E-state index contributed by atoms with van der Waals surface area (Å²) in [6.45, 7) is 8.20. The van der Waals surface area contributed by atoms with Crippen LogP contribution in [0.5, 0.6) is 0 Å². The fraction of sp³-hybridized carbons (Fsp3) is 1.00. The van der Waals surface area contributed by atoms with Crippen molar-refractivity contribution in [1.29, 1.82) is 0 Å². The highest BCUT2D eigenvalue weighted by Gasteiger charge is 2.15. The largest absolute Gasteiger partial charge is 0.383 e. The molecule has 0 saturated heterocycles. The first-order valence-electron chi connectivity index (χ1n) is 5.52. The molecule has 0 unspecified atom stereocenters. The summed E-state index contributed by atoms with van der Waals surface area (Å²) < 4.78 is 4.95.